The van der Waals surface area contributed by atoms with E-state index in [1.54, 1.807) is 0 Å². The van der Waals surface area contributed by atoms with Gasteiger partial charge in [-0.15, -0.1) is 0 Å². The average molecular weight is 745 g/mol. The number of hydrogen-bond donors (Lipinski definition) is 0. The minimum absolute atomic E-state index is 0.511. The molecule has 0 atom stereocenters. The van der Waals surface area contributed by atoms with E-state index in [-0.39, 0.29) is 0 Å². The molecule has 0 N–H and O–H groups in total. The Kier molecular flexibility index (Phi) is 10.8. The molecule has 4 nitrogen and oxygen atoms in total. The number of fused-ring (bicyclic) bond motifs is 1. The zero-order chi connectivity index (χ0) is 39.8. The topological polar surface area (TPSA) is 34.6 Å². The van der Waals surface area contributed by atoms with E-state index in [9.17, 15) is 5.26 Å². The van der Waals surface area contributed by atoms with Crippen LogP contribution in [0.5, 0.6) is 0 Å². The molecule has 0 saturated carbocycles. The molecule has 8 aromatic carbocycles. The summed E-state index contributed by atoms with van der Waals surface area (Å²) in [4.78, 5) is 8.38. The zero-order valence-electron chi connectivity index (χ0n) is 32.4. The standard InChI is InChI=1S/C54H40N4/c1-39-14-26-48(27-15-39)57(46-10-6-4-7-11-46)50-30-22-41(23-31-50)18-20-43-34-45(38-55)52-35-44(37-54(56-3)53(52)36-43)21-19-42-24-32-51(33-25-42)58(47-12-8-5-9-13-47)49-28-16-40(2)17-29-49/h4-37H,1-2H3/b20-18+,21-19+. The highest BCUT2D eigenvalue weighted by atomic mass is 15.1. The zero-order valence-corrected chi connectivity index (χ0v) is 32.4. The summed E-state index contributed by atoms with van der Waals surface area (Å²) >= 11 is 0. The second-order valence-corrected chi connectivity index (χ2v) is 14.3. The fourth-order valence-electron chi connectivity index (χ4n) is 7.15. The van der Waals surface area contributed by atoms with Crippen LogP contribution >= 0.6 is 0 Å². The van der Waals surface area contributed by atoms with E-state index in [1.165, 1.54) is 11.1 Å². The number of para-hydroxylation sites is 2. The number of aryl methyl sites for hydroxylation is 2. The lowest BCUT2D eigenvalue weighted by atomic mass is 9.97. The van der Waals surface area contributed by atoms with E-state index in [2.05, 4.69) is 180 Å². The third-order valence-corrected chi connectivity index (χ3v) is 10.2. The fraction of sp³-hybridized carbons (Fsp3) is 0.0370. The summed E-state index contributed by atoms with van der Waals surface area (Å²) in [5, 5.41) is 11.8. The van der Waals surface area contributed by atoms with Crippen molar-refractivity contribution >= 4 is 74.9 Å². The largest absolute Gasteiger partial charge is 0.311 e. The van der Waals surface area contributed by atoms with Gasteiger partial charge in [0, 0.05) is 34.1 Å². The van der Waals surface area contributed by atoms with Gasteiger partial charge in [-0.3, -0.25) is 0 Å². The number of anilines is 6. The van der Waals surface area contributed by atoms with E-state index in [1.807, 2.05) is 60.7 Å². The van der Waals surface area contributed by atoms with Gasteiger partial charge in [-0.05, 0) is 138 Å². The maximum absolute atomic E-state index is 10.3. The molecule has 0 aromatic heterocycles. The van der Waals surface area contributed by atoms with Crippen molar-refractivity contribution in [3.8, 4) is 6.07 Å². The average Bonchev–Trinajstić information content (AvgIpc) is 3.27. The fourth-order valence-corrected chi connectivity index (χ4v) is 7.15. The van der Waals surface area contributed by atoms with Gasteiger partial charge in [-0.25, -0.2) is 4.85 Å². The molecule has 4 heteroatoms. The molecule has 0 amide bonds. The van der Waals surface area contributed by atoms with Gasteiger partial charge in [0.05, 0.1) is 18.2 Å². The van der Waals surface area contributed by atoms with Crippen LogP contribution in [0.3, 0.4) is 0 Å². The molecule has 0 aliphatic heterocycles. The molecule has 0 unspecified atom stereocenters. The molecular formula is C54H40N4. The van der Waals surface area contributed by atoms with E-state index in [0.29, 0.717) is 11.3 Å². The first-order chi connectivity index (χ1) is 28.4. The first-order valence-electron chi connectivity index (χ1n) is 19.3. The van der Waals surface area contributed by atoms with Gasteiger partial charge >= 0.3 is 0 Å². The van der Waals surface area contributed by atoms with Crippen LogP contribution in [0.4, 0.5) is 39.8 Å². The maximum atomic E-state index is 10.3. The van der Waals surface area contributed by atoms with E-state index < -0.39 is 0 Å². The highest BCUT2D eigenvalue weighted by Gasteiger charge is 2.14. The lowest BCUT2D eigenvalue weighted by molar-refractivity contribution is 1.27. The number of benzene rings is 8. The molecule has 0 bridgehead atoms. The Labute approximate surface area is 341 Å². The number of nitrogens with zero attached hydrogens (tertiary/aromatic N) is 4. The third kappa shape index (κ3) is 8.19. The molecule has 276 valence electrons. The van der Waals surface area contributed by atoms with E-state index in [4.69, 9.17) is 6.57 Å². The lowest BCUT2D eigenvalue weighted by Gasteiger charge is -2.25. The molecule has 8 aromatic rings. The van der Waals surface area contributed by atoms with Crippen molar-refractivity contribution in [3.05, 3.63) is 232 Å². The lowest BCUT2D eigenvalue weighted by Crippen LogP contribution is -2.09. The van der Waals surface area contributed by atoms with Crippen LogP contribution in [-0.2, 0) is 0 Å². The second kappa shape index (κ2) is 16.8. The second-order valence-electron chi connectivity index (χ2n) is 14.3. The summed E-state index contributed by atoms with van der Waals surface area (Å²) in [5.74, 6) is 0. The molecule has 58 heavy (non-hydrogen) atoms. The van der Waals surface area contributed by atoms with Crippen LogP contribution in [0.2, 0.25) is 0 Å². The third-order valence-electron chi connectivity index (χ3n) is 10.2. The minimum Gasteiger partial charge on any atom is -0.311 e. The molecule has 0 spiro atoms. The Balaban J connectivity index is 1.03. The predicted octanol–water partition coefficient (Wildman–Crippen LogP) is 15.2. The summed E-state index contributed by atoms with van der Waals surface area (Å²) in [6.45, 7) is 12.2. The molecule has 0 aliphatic rings. The highest BCUT2D eigenvalue weighted by Crippen LogP contribution is 2.37. The monoisotopic (exact) mass is 744 g/mol. The molecule has 0 aliphatic carbocycles. The summed E-state index contributed by atoms with van der Waals surface area (Å²) in [5.41, 5.74) is 13.7. The number of hydrogen-bond acceptors (Lipinski definition) is 3. The van der Waals surface area contributed by atoms with Gasteiger partial charge in [-0.1, -0.05) is 126 Å². The smallest absolute Gasteiger partial charge is 0.195 e. The van der Waals surface area contributed by atoms with Crippen molar-refractivity contribution in [2.24, 2.45) is 0 Å². The van der Waals surface area contributed by atoms with Crippen molar-refractivity contribution in [3.63, 3.8) is 0 Å². The SMILES string of the molecule is [C-]#[N+]c1cc(/C=C/c2ccc(N(c3ccccc3)c3ccc(C)cc3)cc2)cc2c(C#N)cc(/C=C/c3ccc(N(c4ccccc4)c4ccc(C)cc4)cc3)cc12. The quantitative estimate of drug-likeness (QED) is 0.103. The van der Waals surface area contributed by atoms with Gasteiger partial charge < -0.3 is 9.80 Å². The van der Waals surface area contributed by atoms with Crippen molar-refractivity contribution in [1.82, 2.24) is 0 Å². The number of rotatable bonds is 10. The minimum atomic E-state index is 0.511. The van der Waals surface area contributed by atoms with E-state index in [0.717, 1.165) is 67.2 Å². The molecule has 0 heterocycles. The van der Waals surface area contributed by atoms with Crippen molar-refractivity contribution in [2.75, 3.05) is 9.80 Å². The van der Waals surface area contributed by atoms with Gasteiger partial charge in [0.1, 0.15) is 0 Å². The first-order valence-corrected chi connectivity index (χ1v) is 19.3. The van der Waals surface area contributed by atoms with Crippen LogP contribution in [0, 0.1) is 31.8 Å². The normalized spacial score (nSPS) is 11.1. The van der Waals surface area contributed by atoms with Crippen molar-refractivity contribution < 1.29 is 0 Å². The Morgan fingerprint density at radius 3 is 1.21 bits per heavy atom. The summed E-state index contributed by atoms with van der Waals surface area (Å²) < 4.78 is 0. The highest BCUT2D eigenvalue weighted by molar-refractivity contribution is 6.01. The van der Waals surface area contributed by atoms with Crippen LogP contribution < -0.4 is 9.80 Å². The van der Waals surface area contributed by atoms with Crippen LogP contribution in [-0.4, -0.2) is 0 Å². The summed E-state index contributed by atoms with van der Waals surface area (Å²) in [6.07, 6.45) is 8.11. The summed E-state index contributed by atoms with van der Waals surface area (Å²) in [7, 11) is 0. The van der Waals surface area contributed by atoms with Gasteiger partial charge in [0.2, 0.25) is 0 Å². The molecule has 0 saturated heterocycles. The predicted molar refractivity (Wildman–Crippen MR) is 245 cm³/mol. The van der Waals surface area contributed by atoms with Gasteiger partial charge in [0.25, 0.3) is 0 Å². The Morgan fingerprint density at radius 2 is 0.793 bits per heavy atom. The maximum Gasteiger partial charge on any atom is 0.195 e. The van der Waals surface area contributed by atoms with Crippen LogP contribution in [0.25, 0.3) is 39.9 Å². The summed E-state index contributed by atoms with van der Waals surface area (Å²) in [6, 6.07) is 64.9. The molecule has 8 rings (SSSR count). The Bertz CT molecular complexity index is 2630. The van der Waals surface area contributed by atoms with Gasteiger partial charge in [0.15, 0.2) is 5.69 Å². The molecular weight excluding hydrogens is 705 g/mol. The molecule has 0 radical (unpaired) electrons. The van der Waals surface area contributed by atoms with E-state index >= 15 is 0 Å². The number of nitriles is 1. The Hall–Kier alpha value is -7.92. The first kappa shape index (κ1) is 37.0. The molecule has 0 fully saturated rings. The van der Waals surface area contributed by atoms with Crippen LogP contribution in [0.15, 0.2) is 182 Å². The van der Waals surface area contributed by atoms with Crippen LogP contribution in [0.1, 0.15) is 38.9 Å². The van der Waals surface area contributed by atoms with Crippen molar-refractivity contribution in [1.29, 1.82) is 5.26 Å². The Morgan fingerprint density at radius 1 is 0.431 bits per heavy atom. The van der Waals surface area contributed by atoms with Crippen molar-refractivity contribution in [2.45, 2.75) is 13.8 Å². The van der Waals surface area contributed by atoms with Gasteiger partial charge in [-0.2, -0.15) is 5.26 Å².